The van der Waals surface area contributed by atoms with E-state index >= 15 is 0 Å². The fourth-order valence-corrected chi connectivity index (χ4v) is 0.710. The molecule has 0 radical (unpaired) electrons. The molecule has 0 aliphatic carbocycles. The fourth-order valence-electron chi connectivity index (χ4n) is 0.710. The SMILES string of the molecule is c1cnc2cnoc2c1. The smallest absolute Gasteiger partial charge is 0.185 e. The van der Waals surface area contributed by atoms with Gasteiger partial charge in [-0.3, -0.25) is 4.98 Å². The van der Waals surface area contributed by atoms with Gasteiger partial charge in [-0.25, -0.2) is 0 Å². The molecule has 0 amide bonds. The summed E-state index contributed by atoms with van der Waals surface area (Å²) in [6.07, 6.45) is 3.30. The van der Waals surface area contributed by atoms with Crippen LogP contribution in [-0.4, -0.2) is 10.1 Å². The van der Waals surface area contributed by atoms with Crippen LogP contribution in [0, 0.1) is 0 Å². The first-order valence-electron chi connectivity index (χ1n) is 2.62. The second-order valence-electron chi connectivity index (χ2n) is 1.71. The monoisotopic (exact) mass is 120 g/mol. The van der Waals surface area contributed by atoms with Gasteiger partial charge in [-0.15, -0.1) is 0 Å². The molecular formula is C6H4N2O. The average molecular weight is 120 g/mol. The van der Waals surface area contributed by atoms with Crippen LogP contribution in [0.4, 0.5) is 0 Å². The van der Waals surface area contributed by atoms with E-state index in [1.54, 1.807) is 12.4 Å². The Kier molecular flexibility index (Phi) is 0.773. The van der Waals surface area contributed by atoms with Crippen LogP contribution < -0.4 is 0 Å². The standard InChI is InChI=1S/C6H4N2O/c1-2-6-5(7-3-1)4-8-9-6/h1-4H. The van der Waals surface area contributed by atoms with E-state index in [1.807, 2.05) is 12.1 Å². The first-order valence-corrected chi connectivity index (χ1v) is 2.62. The normalized spacial score (nSPS) is 10.2. The van der Waals surface area contributed by atoms with E-state index in [0.717, 1.165) is 11.1 Å². The van der Waals surface area contributed by atoms with Crippen LogP contribution in [0.1, 0.15) is 0 Å². The van der Waals surface area contributed by atoms with Gasteiger partial charge in [0.2, 0.25) is 0 Å². The molecule has 44 valence electrons. The first kappa shape index (κ1) is 4.49. The zero-order chi connectivity index (χ0) is 6.10. The van der Waals surface area contributed by atoms with Gasteiger partial charge in [0.05, 0.1) is 6.20 Å². The molecular weight excluding hydrogens is 116 g/mol. The molecule has 2 heterocycles. The van der Waals surface area contributed by atoms with Crippen LogP contribution in [0.3, 0.4) is 0 Å². The number of hydrogen-bond donors (Lipinski definition) is 0. The number of rotatable bonds is 0. The summed E-state index contributed by atoms with van der Waals surface area (Å²) >= 11 is 0. The number of fused-ring (bicyclic) bond motifs is 1. The Morgan fingerprint density at radius 1 is 1.44 bits per heavy atom. The minimum atomic E-state index is 0.734. The molecule has 9 heavy (non-hydrogen) atoms. The van der Waals surface area contributed by atoms with Crippen molar-refractivity contribution in [2.24, 2.45) is 0 Å². The fraction of sp³-hybridized carbons (Fsp3) is 0. The Morgan fingerprint density at radius 2 is 2.44 bits per heavy atom. The van der Waals surface area contributed by atoms with Crippen LogP contribution in [0.15, 0.2) is 29.0 Å². The van der Waals surface area contributed by atoms with E-state index in [-0.39, 0.29) is 0 Å². The Balaban J connectivity index is 2.95. The average Bonchev–Trinajstić information content (AvgIpc) is 2.33. The van der Waals surface area contributed by atoms with E-state index in [1.165, 1.54) is 0 Å². The highest BCUT2D eigenvalue weighted by Crippen LogP contribution is 2.06. The number of aromatic nitrogens is 2. The Morgan fingerprint density at radius 3 is 3.33 bits per heavy atom. The summed E-state index contributed by atoms with van der Waals surface area (Å²) in [5.41, 5.74) is 1.54. The van der Waals surface area contributed by atoms with Gasteiger partial charge in [0, 0.05) is 6.20 Å². The molecule has 0 saturated carbocycles. The Labute approximate surface area is 51.3 Å². The van der Waals surface area contributed by atoms with Gasteiger partial charge >= 0.3 is 0 Å². The lowest BCUT2D eigenvalue weighted by atomic mass is 10.4. The molecule has 0 aromatic carbocycles. The molecule has 0 aliphatic rings. The highest BCUT2D eigenvalue weighted by Gasteiger charge is 1.93. The molecule has 0 saturated heterocycles. The summed E-state index contributed by atoms with van der Waals surface area (Å²) in [7, 11) is 0. The van der Waals surface area contributed by atoms with Gasteiger partial charge in [-0.2, -0.15) is 0 Å². The van der Waals surface area contributed by atoms with Crippen molar-refractivity contribution in [3.63, 3.8) is 0 Å². The molecule has 3 heteroatoms. The molecule has 2 rings (SSSR count). The van der Waals surface area contributed by atoms with Crippen LogP contribution in [-0.2, 0) is 0 Å². The lowest BCUT2D eigenvalue weighted by Gasteiger charge is -1.78. The quantitative estimate of drug-likeness (QED) is 0.524. The van der Waals surface area contributed by atoms with Crippen LogP contribution in [0.2, 0.25) is 0 Å². The summed E-state index contributed by atoms with van der Waals surface area (Å²) in [5, 5.41) is 3.56. The summed E-state index contributed by atoms with van der Waals surface area (Å²) in [5.74, 6) is 0. The van der Waals surface area contributed by atoms with Crippen molar-refractivity contribution < 1.29 is 4.52 Å². The summed E-state index contributed by atoms with van der Waals surface area (Å²) in [4.78, 5) is 3.98. The van der Waals surface area contributed by atoms with E-state index in [2.05, 4.69) is 10.1 Å². The lowest BCUT2D eigenvalue weighted by Crippen LogP contribution is -1.66. The van der Waals surface area contributed by atoms with Gasteiger partial charge in [-0.1, -0.05) is 5.16 Å². The second-order valence-corrected chi connectivity index (χ2v) is 1.71. The maximum atomic E-state index is 4.81. The molecule has 3 nitrogen and oxygen atoms in total. The van der Waals surface area contributed by atoms with Gasteiger partial charge in [0.25, 0.3) is 0 Å². The van der Waals surface area contributed by atoms with Gasteiger partial charge < -0.3 is 4.52 Å². The molecule has 0 atom stereocenters. The highest BCUT2D eigenvalue weighted by atomic mass is 16.5. The van der Waals surface area contributed by atoms with Crippen molar-refractivity contribution in [2.75, 3.05) is 0 Å². The minimum Gasteiger partial charge on any atom is -0.355 e. The maximum Gasteiger partial charge on any atom is 0.185 e. The van der Waals surface area contributed by atoms with Crippen LogP contribution >= 0.6 is 0 Å². The summed E-state index contributed by atoms with van der Waals surface area (Å²) < 4.78 is 4.81. The van der Waals surface area contributed by atoms with Gasteiger partial charge in [-0.05, 0) is 12.1 Å². The van der Waals surface area contributed by atoms with Crippen molar-refractivity contribution in [3.8, 4) is 0 Å². The van der Waals surface area contributed by atoms with Crippen molar-refractivity contribution >= 4 is 11.1 Å². The molecule has 0 fully saturated rings. The lowest BCUT2D eigenvalue weighted by molar-refractivity contribution is 0.456. The Hall–Kier alpha value is -1.38. The third-order valence-electron chi connectivity index (χ3n) is 1.13. The topological polar surface area (TPSA) is 38.9 Å². The molecule has 2 aromatic rings. The van der Waals surface area contributed by atoms with E-state index < -0.39 is 0 Å². The second kappa shape index (κ2) is 1.55. The Bertz CT molecular complexity index is 285. The third-order valence-corrected chi connectivity index (χ3v) is 1.13. The van der Waals surface area contributed by atoms with E-state index in [0.29, 0.717) is 0 Å². The first-order chi connectivity index (χ1) is 4.47. The molecule has 0 bridgehead atoms. The minimum absolute atomic E-state index is 0.734. The van der Waals surface area contributed by atoms with Crippen LogP contribution in [0.25, 0.3) is 11.1 Å². The van der Waals surface area contributed by atoms with Gasteiger partial charge in [0.15, 0.2) is 5.58 Å². The molecule has 0 unspecified atom stereocenters. The van der Waals surface area contributed by atoms with Crippen molar-refractivity contribution in [1.29, 1.82) is 0 Å². The van der Waals surface area contributed by atoms with Crippen molar-refractivity contribution in [1.82, 2.24) is 10.1 Å². The number of hydrogen-bond acceptors (Lipinski definition) is 3. The number of nitrogens with zero attached hydrogens (tertiary/aromatic N) is 2. The van der Waals surface area contributed by atoms with E-state index in [9.17, 15) is 0 Å². The number of pyridine rings is 1. The molecule has 0 aliphatic heterocycles. The molecule has 0 N–H and O–H groups in total. The predicted octanol–water partition coefficient (Wildman–Crippen LogP) is 1.22. The predicted molar refractivity (Wildman–Crippen MR) is 31.8 cm³/mol. The molecule has 0 spiro atoms. The van der Waals surface area contributed by atoms with Gasteiger partial charge in [0.1, 0.15) is 5.52 Å². The van der Waals surface area contributed by atoms with Crippen molar-refractivity contribution in [2.45, 2.75) is 0 Å². The highest BCUT2D eigenvalue weighted by molar-refractivity contribution is 5.69. The summed E-state index contributed by atoms with van der Waals surface area (Å²) in [6.45, 7) is 0. The largest absolute Gasteiger partial charge is 0.355 e. The van der Waals surface area contributed by atoms with Crippen LogP contribution in [0.5, 0.6) is 0 Å². The summed E-state index contributed by atoms with van der Waals surface area (Å²) in [6, 6.07) is 3.64. The maximum absolute atomic E-state index is 4.81. The third kappa shape index (κ3) is 0.579. The zero-order valence-corrected chi connectivity index (χ0v) is 4.61. The zero-order valence-electron chi connectivity index (χ0n) is 4.61. The van der Waals surface area contributed by atoms with Crippen molar-refractivity contribution in [3.05, 3.63) is 24.5 Å². The van der Waals surface area contributed by atoms with E-state index in [4.69, 9.17) is 4.52 Å². The molecule has 2 aromatic heterocycles.